The minimum atomic E-state index is -0.299. The highest BCUT2D eigenvalue weighted by Gasteiger charge is 1.95. The van der Waals surface area contributed by atoms with Gasteiger partial charge in [0.2, 0.25) is 0 Å². The fraction of sp³-hybridized carbons (Fsp3) is 0.200. The van der Waals surface area contributed by atoms with E-state index in [0.29, 0.717) is 5.75 Å². The Morgan fingerprint density at radius 2 is 2.40 bits per heavy atom. The van der Waals surface area contributed by atoms with Gasteiger partial charge in [-0.15, -0.1) is 0 Å². The number of nitrogens with one attached hydrogen (secondary N) is 1. The molecule has 0 aliphatic heterocycles. The van der Waals surface area contributed by atoms with Gasteiger partial charge in [-0.05, 0) is 11.6 Å². The molecule has 0 unspecified atom stereocenters. The summed E-state index contributed by atoms with van der Waals surface area (Å²) in [5.41, 5.74) is 0.510. The third-order valence-electron chi connectivity index (χ3n) is 1.57. The van der Waals surface area contributed by atoms with Gasteiger partial charge in [0.1, 0.15) is 5.02 Å². The first-order chi connectivity index (χ1) is 7.09. The van der Waals surface area contributed by atoms with E-state index in [1.54, 1.807) is 18.3 Å². The lowest BCUT2D eigenvalue weighted by Crippen LogP contribution is -2.04. The molecular formula is C10H10ClNO2S. The molecule has 1 N–H and O–H groups in total. The molecule has 0 fully saturated rings. The van der Waals surface area contributed by atoms with Gasteiger partial charge in [0.15, 0.2) is 5.12 Å². The van der Waals surface area contributed by atoms with E-state index >= 15 is 0 Å². The number of aromatic amines is 1. The van der Waals surface area contributed by atoms with Gasteiger partial charge < -0.3 is 4.98 Å². The van der Waals surface area contributed by atoms with Crippen molar-refractivity contribution in [3.63, 3.8) is 0 Å². The molecule has 0 saturated carbocycles. The Bertz CT molecular complexity index is 439. The number of H-pyrrole nitrogens is 1. The van der Waals surface area contributed by atoms with Crippen LogP contribution in [0.2, 0.25) is 5.02 Å². The highest BCUT2D eigenvalue weighted by Crippen LogP contribution is 2.07. The minimum absolute atomic E-state index is 0.0825. The van der Waals surface area contributed by atoms with Gasteiger partial charge in [-0.25, -0.2) is 0 Å². The SMILES string of the molecule is CC(=O)SCC=Cc1c[nH]c(=O)c(Cl)c1. The zero-order valence-corrected chi connectivity index (χ0v) is 9.69. The number of pyridine rings is 1. The number of thioether (sulfide) groups is 1. The second-order valence-corrected chi connectivity index (χ2v) is 4.42. The van der Waals surface area contributed by atoms with Crippen molar-refractivity contribution in [1.82, 2.24) is 4.98 Å². The molecule has 0 atom stereocenters. The maximum Gasteiger partial charge on any atom is 0.266 e. The summed E-state index contributed by atoms with van der Waals surface area (Å²) in [6, 6.07) is 1.58. The molecule has 0 aromatic carbocycles. The number of aromatic nitrogens is 1. The Morgan fingerprint density at radius 3 is 3.00 bits per heavy atom. The second-order valence-electron chi connectivity index (χ2n) is 2.82. The third-order valence-corrected chi connectivity index (χ3v) is 2.62. The summed E-state index contributed by atoms with van der Waals surface area (Å²) >= 11 is 6.87. The van der Waals surface area contributed by atoms with Crippen LogP contribution in [0.3, 0.4) is 0 Å². The molecule has 0 radical (unpaired) electrons. The van der Waals surface area contributed by atoms with Gasteiger partial charge in [-0.3, -0.25) is 9.59 Å². The van der Waals surface area contributed by atoms with E-state index in [4.69, 9.17) is 11.6 Å². The first-order valence-electron chi connectivity index (χ1n) is 4.27. The maximum absolute atomic E-state index is 10.9. The molecule has 5 heteroatoms. The maximum atomic E-state index is 10.9. The number of hydrogen-bond donors (Lipinski definition) is 1. The first-order valence-corrected chi connectivity index (χ1v) is 5.64. The molecule has 0 aliphatic carbocycles. The molecule has 3 nitrogen and oxygen atoms in total. The fourth-order valence-corrected chi connectivity index (χ4v) is 1.52. The lowest BCUT2D eigenvalue weighted by molar-refractivity contribution is -0.109. The van der Waals surface area contributed by atoms with Crippen LogP contribution in [-0.2, 0) is 4.79 Å². The van der Waals surface area contributed by atoms with E-state index in [0.717, 1.165) is 5.56 Å². The Balaban J connectivity index is 2.61. The van der Waals surface area contributed by atoms with E-state index in [-0.39, 0.29) is 15.7 Å². The molecule has 15 heavy (non-hydrogen) atoms. The van der Waals surface area contributed by atoms with Crippen LogP contribution in [0.4, 0.5) is 0 Å². The molecule has 0 amide bonds. The van der Waals surface area contributed by atoms with Gasteiger partial charge in [-0.1, -0.05) is 35.5 Å². The molecule has 0 aliphatic rings. The Morgan fingerprint density at radius 1 is 1.67 bits per heavy atom. The summed E-state index contributed by atoms with van der Waals surface area (Å²) in [5.74, 6) is 0.617. The largest absolute Gasteiger partial charge is 0.327 e. The highest BCUT2D eigenvalue weighted by atomic mass is 35.5. The number of carbonyl (C=O) groups excluding carboxylic acids is 1. The first kappa shape index (κ1) is 12.1. The molecule has 1 heterocycles. The standard InChI is InChI=1S/C10H10ClNO2S/c1-7(13)15-4-2-3-8-5-9(11)10(14)12-6-8/h2-3,5-6H,4H2,1H3,(H,12,14). The average molecular weight is 244 g/mol. The van der Waals surface area contributed by atoms with Crippen molar-refractivity contribution in [3.05, 3.63) is 39.3 Å². The zero-order valence-electron chi connectivity index (χ0n) is 8.12. The summed E-state index contributed by atoms with van der Waals surface area (Å²) in [6.45, 7) is 1.52. The van der Waals surface area contributed by atoms with Gasteiger partial charge in [0.25, 0.3) is 5.56 Å². The van der Waals surface area contributed by atoms with Crippen LogP contribution in [0.1, 0.15) is 12.5 Å². The summed E-state index contributed by atoms with van der Waals surface area (Å²) in [4.78, 5) is 24.0. The van der Waals surface area contributed by atoms with E-state index in [2.05, 4.69) is 4.98 Å². The summed E-state index contributed by atoms with van der Waals surface area (Å²) in [6.07, 6.45) is 5.22. The lowest BCUT2D eigenvalue weighted by Gasteiger charge is -1.93. The molecule has 0 saturated heterocycles. The quantitative estimate of drug-likeness (QED) is 0.887. The van der Waals surface area contributed by atoms with Crippen molar-refractivity contribution in [3.8, 4) is 0 Å². The van der Waals surface area contributed by atoms with Gasteiger partial charge in [-0.2, -0.15) is 0 Å². The van der Waals surface area contributed by atoms with Crippen LogP contribution in [0, 0.1) is 0 Å². The third kappa shape index (κ3) is 4.36. The Labute approximate surface area is 96.5 Å². The number of halogens is 1. The molecule has 0 bridgehead atoms. The van der Waals surface area contributed by atoms with Crippen molar-refractivity contribution in [2.75, 3.05) is 5.75 Å². The molecule has 1 aromatic rings. The zero-order chi connectivity index (χ0) is 11.3. The summed E-state index contributed by atoms with van der Waals surface area (Å²) in [5, 5.41) is 0.246. The minimum Gasteiger partial charge on any atom is -0.327 e. The fourth-order valence-electron chi connectivity index (χ4n) is 0.917. The lowest BCUT2D eigenvalue weighted by atomic mass is 10.3. The number of rotatable bonds is 3. The van der Waals surface area contributed by atoms with Crippen LogP contribution >= 0.6 is 23.4 Å². The smallest absolute Gasteiger partial charge is 0.266 e. The highest BCUT2D eigenvalue weighted by molar-refractivity contribution is 8.13. The second kappa shape index (κ2) is 5.78. The van der Waals surface area contributed by atoms with Crippen molar-refractivity contribution < 1.29 is 4.79 Å². The molecule has 80 valence electrons. The molecular weight excluding hydrogens is 234 g/mol. The van der Waals surface area contributed by atoms with Crippen molar-refractivity contribution in [2.45, 2.75) is 6.92 Å². The van der Waals surface area contributed by atoms with Gasteiger partial charge in [0.05, 0.1) is 0 Å². The summed E-state index contributed by atoms with van der Waals surface area (Å²) < 4.78 is 0. The Hall–Kier alpha value is -1.00. The van der Waals surface area contributed by atoms with Gasteiger partial charge in [0, 0.05) is 18.9 Å². The van der Waals surface area contributed by atoms with Crippen molar-refractivity contribution in [2.24, 2.45) is 0 Å². The molecule has 1 rings (SSSR count). The van der Waals surface area contributed by atoms with Crippen LogP contribution in [-0.4, -0.2) is 15.9 Å². The normalized spacial score (nSPS) is 10.8. The van der Waals surface area contributed by atoms with Crippen LogP contribution in [0.5, 0.6) is 0 Å². The predicted molar refractivity (Wildman–Crippen MR) is 64.2 cm³/mol. The summed E-state index contributed by atoms with van der Waals surface area (Å²) in [7, 11) is 0. The predicted octanol–water partition coefficient (Wildman–Crippen LogP) is 2.32. The average Bonchev–Trinajstić information content (AvgIpc) is 2.18. The van der Waals surface area contributed by atoms with Crippen LogP contribution in [0.25, 0.3) is 6.08 Å². The van der Waals surface area contributed by atoms with Crippen LogP contribution in [0.15, 0.2) is 23.1 Å². The van der Waals surface area contributed by atoms with E-state index in [9.17, 15) is 9.59 Å². The van der Waals surface area contributed by atoms with E-state index < -0.39 is 0 Å². The molecule has 1 aromatic heterocycles. The monoisotopic (exact) mass is 243 g/mol. The number of carbonyl (C=O) groups is 1. The van der Waals surface area contributed by atoms with Crippen molar-refractivity contribution >= 4 is 34.6 Å². The topological polar surface area (TPSA) is 49.9 Å². The van der Waals surface area contributed by atoms with E-state index in [1.807, 2.05) is 6.08 Å². The Kier molecular flexibility index (Phi) is 4.65. The van der Waals surface area contributed by atoms with Gasteiger partial charge >= 0.3 is 0 Å². The van der Waals surface area contributed by atoms with E-state index in [1.165, 1.54) is 18.7 Å². The van der Waals surface area contributed by atoms with Crippen LogP contribution < -0.4 is 5.56 Å². The molecule has 0 spiro atoms. The number of hydrogen-bond acceptors (Lipinski definition) is 3. The van der Waals surface area contributed by atoms with Crippen molar-refractivity contribution in [1.29, 1.82) is 0 Å².